The lowest BCUT2D eigenvalue weighted by atomic mass is 10.3. The van der Waals surface area contributed by atoms with Crippen molar-refractivity contribution >= 4 is 17.7 Å². The highest BCUT2D eigenvalue weighted by molar-refractivity contribution is 7.99. The molecule has 1 aromatic rings. The van der Waals surface area contributed by atoms with Gasteiger partial charge in [-0.15, -0.1) is 10.2 Å². The van der Waals surface area contributed by atoms with Crippen LogP contribution in [-0.2, 0) is 16.0 Å². The summed E-state index contributed by atoms with van der Waals surface area (Å²) in [5.41, 5.74) is 0. The molecule has 1 rings (SSSR count). The molecule has 0 unspecified atom stereocenters. The van der Waals surface area contributed by atoms with Gasteiger partial charge in [0.15, 0.2) is 0 Å². The lowest BCUT2D eigenvalue weighted by Gasteiger charge is -1.95. The van der Waals surface area contributed by atoms with Gasteiger partial charge in [-0.05, 0) is 6.42 Å². The number of rotatable bonds is 6. The topological polar surface area (TPSA) is 65.2 Å². The second-order valence-electron chi connectivity index (χ2n) is 2.89. The van der Waals surface area contributed by atoms with Crippen LogP contribution in [0.2, 0.25) is 0 Å². The molecule has 0 aliphatic heterocycles. The van der Waals surface area contributed by atoms with Crippen molar-refractivity contribution in [2.45, 2.75) is 31.4 Å². The molecule has 0 aliphatic carbocycles. The van der Waals surface area contributed by atoms with Crippen molar-refractivity contribution in [3.05, 3.63) is 5.89 Å². The minimum atomic E-state index is -0.226. The van der Waals surface area contributed by atoms with Gasteiger partial charge in [0.2, 0.25) is 5.89 Å². The Kier molecular flexibility index (Phi) is 5.17. The second kappa shape index (κ2) is 6.44. The highest BCUT2D eigenvalue weighted by Crippen LogP contribution is 2.17. The minimum Gasteiger partial charge on any atom is -0.469 e. The zero-order valence-electron chi connectivity index (χ0n) is 8.86. The number of hydrogen-bond donors (Lipinski definition) is 0. The molecule has 0 saturated carbocycles. The predicted molar refractivity (Wildman–Crippen MR) is 55.7 cm³/mol. The summed E-state index contributed by atoms with van der Waals surface area (Å²) in [5.74, 6) is 1.02. The molecule has 0 radical (unpaired) electrons. The molecule has 0 spiro atoms. The van der Waals surface area contributed by atoms with Gasteiger partial charge >= 0.3 is 5.97 Å². The predicted octanol–water partition coefficient (Wildman–Crippen LogP) is 1.68. The lowest BCUT2D eigenvalue weighted by Crippen LogP contribution is -2.00. The maximum Gasteiger partial charge on any atom is 0.306 e. The molecule has 6 heteroatoms. The summed E-state index contributed by atoms with van der Waals surface area (Å²) >= 11 is 1.37. The van der Waals surface area contributed by atoms with Crippen molar-refractivity contribution < 1.29 is 13.9 Å². The van der Waals surface area contributed by atoms with E-state index in [0.717, 1.165) is 12.8 Å². The maximum atomic E-state index is 10.8. The summed E-state index contributed by atoms with van der Waals surface area (Å²) in [7, 11) is 1.37. The van der Waals surface area contributed by atoms with Gasteiger partial charge in [0, 0.05) is 12.2 Å². The Morgan fingerprint density at radius 2 is 2.33 bits per heavy atom. The maximum absolute atomic E-state index is 10.8. The van der Waals surface area contributed by atoms with Crippen molar-refractivity contribution in [3.8, 4) is 0 Å². The monoisotopic (exact) mass is 230 g/mol. The first kappa shape index (κ1) is 12.0. The van der Waals surface area contributed by atoms with Crippen LogP contribution in [0.15, 0.2) is 9.64 Å². The van der Waals surface area contributed by atoms with Crippen LogP contribution >= 0.6 is 11.8 Å². The van der Waals surface area contributed by atoms with E-state index in [1.165, 1.54) is 18.9 Å². The molecule has 0 atom stereocenters. The van der Waals surface area contributed by atoms with Crippen molar-refractivity contribution in [2.75, 3.05) is 12.9 Å². The Bertz CT molecular complexity index is 314. The highest BCUT2D eigenvalue weighted by atomic mass is 32.2. The van der Waals surface area contributed by atoms with Gasteiger partial charge in [-0.25, -0.2) is 0 Å². The molecule has 0 aliphatic rings. The molecule has 0 aromatic carbocycles. The zero-order valence-corrected chi connectivity index (χ0v) is 9.67. The van der Waals surface area contributed by atoms with E-state index in [-0.39, 0.29) is 5.97 Å². The molecule has 0 N–H and O–H groups in total. The number of carbonyl (C=O) groups excluding carboxylic acids is 1. The van der Waals surface area contributed by atoms with E-state index in [1.807, 2.05) is 6.92 Å². The third kappa shape index (κ3) is 4.33. The normalized spacial score (nSPS) is 10.3. The average molecular weight is 230 g/mol. The summed E-state index contributed by atoms with van der Waals surface area (Å²) < 4.78 is 9.84. The standard InChI is InChI=1S/C9H14N2O3S/c1-3-4-7-10-11-9(14-7)15-6-5-8(12)13-2/h3-6H2,1-2H3. The zero-order chi connectivity index (χ0) is 11.1. The summed E-state index contributed by atoms with van der Waals surface area (Å²) in [6.07, 6.45) is 2.13. The van der Waals surface area contributed by atoms with E-state index < -0.39 is 0 Å². The Morgan fingerprint density at radius 1 is 1.53 bits per heavy atom. The van der Waals surface area contributed by atoms with Crippen LogP contribution < -0.4 is 0 Å². The van der Waals surface area contributed by atoms with Gasteiger partial charge in [-0.3, -0.25) is 4.79 Å². The van der Waals surface area contributed by atoms with Crippen LogP contribution in [0.5, 0.6) is 0 Å². The molecule has 5 nitrogen and oxygen atoms in total. The minimum absolute atomic E-state index is 0.226. The van der Waals surface area contributed by atoms with Crippen LogP contribution in [0, 0.1) is 0 Å². The van der Waals surface area contributed by atoms with E-state index in [9.17, 15) is 4.79 Å². The summed E-state index contributed by atoms with van der Waals surface area (Å²) in [6, 6.07) is 0. The fraction of sp³-hybridized carbons (Fsp3) is 0.667. The van der Waals surface area contributed by atoms with E-state index in [0.29, 0.717) is 23.3 Å². The SMILES string of the molecule is CCCc1nnc(SCCC(=O)OC)o1. The smallest absolute Gasteiger partial charge is 0.306 e. The Labute approximate surface area is 92.6 Å². The summed E-state index contributed by atoms with van der Waals surface area (Å²) in [5, 5.41) is 8.24. The summed E-state index contributed by atoms with van der Waals surface area (Å²) in [6.45, 7) is 2.05. The molecule has 0 amide bonds. The Balaban J connectivity index is 2.28. The highest BCUT2D eigenvalue weighted by Gasteiger charge is 2.07. The third-order valence-electron chi connectivity index (χ3n) is 1.67. The van der Waals surface area contributed by atoms with Crippen LogP contribution in [0.1, 0.15) is 25.7 Å². The van der Waals surface area contributed by atoms with Crippen LogP contribution in [0.3, 0.4) is 0 Å². The van der Waals surface area contributed by atoms with Gasteiger partial charge in [0.05, 0.1) is 13.5 Å². The van der Waals surface area contributed by atoms with Crippen molar-refractivity contribution in [1.82, 2.24) is 10.2 Å². The van der Waals surface area contributed by atoms with Crippen LogP contribution in [0.25, 0.3) is 0 Å². The number of nitrogens with zero attached hydrogens (tertiary/aromatic N) is 2. The molecule has 84 valence electrons. The number of esters is 1. The number of thioether (sulfide) groups is 1. The number of hydrogen-bond acceptors (Lipinski definition) is 6. The quantitative estimate of drug-likeness (QED) is 0.547. The molecular weight excluding hydrogens is 216 g/mol. The van der Waals surface area contributed by atoms with E-state index in [2.05, 4.69) is 14.9 Å². The van der Waals surface area contributed by atoms with Gasteiger partial charge in [-0.1, -0.05) is 18.7 Å². The molecule has 0 fully saturated rings. The van der Waals surface area contributed by atoms with Gasteiger partial charge < -0.3 is 9.15 Å². The third-order valence-corrected chi connectivity index (χ3v) is 2.49. The van der Waals surface area contributed by atoms with Gasteiger partial charge in [-0.2, -0.15) is 0 Å². The Hall–Kier alpha value is -1.04. The molecule has 0 saturated heterocycles. The van der Waals surface area contributed by atoms with Crippen molar-refractivity contribution in [1.29, 1.82) is 0 Å². The van der Waals surface area contributed by atoms with Gasteiger partial charge in [0.25, 0.3) is 5.22 Å². The Morgan fingerprint density at radius 3 is 3.00 bits per heavy atom. The first-order valence-electron chi connectivity index (χ1n) is 4.78. The largest absolute Gasteiger partial charge is 0.469 e. The van der Waals surface area contributed by atoms with E-state index in [1.54, 1.807) is 0 Å². The average Bonchev–Trinajstić information content (AvgIpc) is 2.66. The molecule has 0 bridgehead atoms. The molecule has 1 aromatic heterocycles. The van der Waals surface area contributed by atoms with E-state index in [4.69, 9.17) is 4.42 Å². The number of methoxy groups -OCH3 is 1. The lowest BCUT2D eigenvalue weighted by molar-refractivity contribution is -0.140. The first-order chi connectivity index (χ1) is 7.26. The first-order valence-corrected chi connectivity index (χ1v) is 5.76. The molecular formula is C9H14N2O3S. The fourth-order valence-electron chi connectivity index (χ4n) is 0.935. The van der Waals surface area contributed by atoms with Crippen molar-refractivity contribution in [2.24, 2.45) is 0 Å². The number of aryl methyl sites for hydroxylation is 1. The van der Waals surface area contributed by atoms with E-state index >= 15 is 0 Å². The number of ether oxygens (including phenoxy) is 1. The molecule has 15 heavy (non-hydrogen) atoms. The van der Waals surface area contributed by atoms with Crippen LogP contribution in [0.4, 0.5) is 0 Å². The summed E-state index contributed by atoms with van der Waals surface area (Å²) in [4.78, 5) is 10.8. The fourth-order valence-corrected chi connectivity index (χ4v) is 1.63. The second-order valence-corrected chi connectivity index (χ2v) is 3.93. The number of carbonyl (C=O) groups is 1. The van der Waals surface area contributed by atoms with Gasteiger partial charge in [0.1, 0.15) is 0 Å². The number of aromatic nitrogens is 2. The van der Waals surface area contributed by atoms with Crippen molar-refractivity contribution in [3.63, 3.8) is 0 Å². The molecule has 1 heterocycles. The van der Waals surface area contributed by atoms with Crippen LogP contribution in [-0.4, -0.2) is 29.0 Å².